The van der Waals surface area contributed by atoms with Crippen LogP contribution in [0.2, 0.25) is 0 Å². The Hall–Kier alpha value is -1.74. The van der Waals surface area contributed by atoms with Gasteiger partial charge in [-0.3, -0.25) is 0 Å². The van der Waals surface area contributed by atoms with Crippen molar-refractivity contribution in [3.05, 3.63) is 42.1 Å². The zero-order chi connectivity index (χ0) is 10.8. The zero-order valence-electron chi connectivity index (χ0n) is 8.64. The number of hydrogen-bond acceptors (Lipinski definition) is 2. The summed E-state index contributed by atoms with van der Waals surface area (Å²) in [4.78, 5) is 0. The van der Waals surface area contributed by atoms with E-state index in [-0.39, 0.29) is 5.75 Å². The van der Waals surface area contributed by atoms with Crippen LogP contribution in [0.5, 0.6) is 5.75 Å². The van der Waals surface area contributed by atoms with Crippen LogP contribution in [0.3, 0.4) is 0 Å². The molecule has 1 aromatic heterocycles. The van der Waals surface area contributed by atoms with Crippen LogP contribution in [0.4, 0.5) is 0 Å². The summed E-state index contributed by atoms with van der Waals surface area (Å²) in [6.07, 6.45) is 1.99. The lowest BCUT2D eigenvalue weighted by atomic mass is 10.1. The van der Waals surface area contributed by atoms with Crippen molar-refractivity contribution >= 4 is 0 Å². The van der Waals surface area contributed by atoms with Gasteiger partial charge in [-0.25, -0.2) is 0 Å². The van der Waals surface area contributed by atoms with E-state index in [1.54, 1.807) is 12.1 Å². The van der Waals surface area contributed by atoms with Crippen LogP contribution in [0, 0.1) is 0 Å². The maximum atomic E-state index is 9.22. The van der Waals surface area contributed by atoms with Crippen molar-refractivity contribution in [2.75, 3.05) is 0 Å². The summed E-state index contributed by atoms with van der Waals surface area (Å²) in [5.74, 6) is 0.280. The summed E-state index contributed by atoms with van der Waals surface area (Å²) in [6.45, 7) is 0.525. The van der Waals surface area contributed by atoms with Gasteiger partial charge in [0, 0.05) is 19.8 Å². The minimum atomic E-state index is 0.280. The number of aryl methyl sites for hydroxylation is 1. The summed E-state index contributed by atoms with van der Waals surface area (Å²) >= 11 is 0. The minimum absolute atomic E-state index is 0.280. The molecule has 0 saturated heterocycles. The van der Waals surface area contributed by atoms with E-state index in [0.717, 1.165) is 16.8 Å². The molecule has 0 atom stereocenters. The Morgan fingerprint density at radius 3 is 2.47 bits per heavy atom. The molecule has 1 aromatic carbocycles. The number of hydrogen-bond donors (Lipinski definition) is 2. The Bertz CT molecular complexity index is 457. The number of phenolic OH excluding ortho intramolecular Hbond substituents is 1. The highest BCUT2D eigenvalue weighted by molar-refractivity contribution is 5.65. The third-order valence-corrected chi connectivity index (χ3v) is 2.52. The number of nitrogens with two attached hydrogens (primary N) is 1. The number of aromatic nitrogens is 1. The van der Waals surface area contributed by atoms with Crippen molar-refractivity contribution in [2.45, 2.75) is 6.54 Å². The first-order valence-electron chi connectivity index (χ1n) is 4.86. The second-order valence-electron chi connectivity index (χ2n) is 3.55. The highest BCUT2D eigenvalue weighted by Gasteiger charge is 2.07. The molecule has 15 heavy (non-hydrogen) atoms. The Kier molecular flexibility index (Phi) is 2.47. The molecule has 3 N–H and O–H groups in total. The molecule has 0 amide bonds. The second-order valence-corrected chi connectivity index (χ2v) is 3.55. The van der Waals surface area contributed by atoms with Crippen molar-refractivity contribution in [1.82, 2.24) is 4.57 Å². The van der Waals surface area contributed by atoms with Crippen LogP contribution >= 0.6 is 0 Å². The number of phenols is 1. The third-order valence-electron chi connectivity index (χ3n) is 2.52. The Morgan fingerprint density at radius 1 is 1.20 bits per heavy atom. The lowest BCUT2D eigenvalue weighted by Gasteiger charge is -2.06. The monoisotopic (exact) mass is 202 g/mol. The molecule has 0 aliphatic carbocycles. The Morgan fingerprint density at radius 2 is 1.87 bits per heavy atom. The first kappa shape index (κ1) is 9.80. The van der Waals surface area contributed by atoms with E-state index < -0.39 is 0 Å². The molecule has 78 valence electrons. The van der Waals surface area contributed by atoms with Gasteiger partial charge in [0.2, 0.25) is 0 Å². The first-order chi connectivity index (χ1) is 7.22. The molecule has 0 bridgehead atoms. The average Bonchev–Trinajstić information content (AvgIpc) is 2.61. The van der Waals surface area contributed by atoms with E-state index in [9.17, 15) is 5.11 Å². The van der Waals surface area contributed by atoms with Gasteiger partial charge >= 0.3 is 0 Å². The number of nitrogens with zero attached hydrogens (tertiary/aromatic N) is 1. The first-order valence-corrected chi connectivity index (χ1v) is 4.86. The molecule has 0 unspecified atom stereocenters. The molecule has 0 fully saturated rings. The number of benzene rings is 1. The smallest absolute Gasteiger partial charge is 0.115 e. The van der Waals surface area contributed by atoms with Gasteiger partial charge in [0.05, 0.1) is 5.69 Å². The molecule has 3 heteroatoms. The standard InChI is InChI=1S/C12H14N2O/c1-14-7-6-10(8-13)12(14)9-2-4-11(15)5-3-9/h2-7,15H,8,13H2,1H3. The summed E-state index contributed by atoms with van der Waals surface area (Å²) in [7, 11) is 1.99. The quantitative estimate of drug-likeness (QED) is 0.781. The fraction of sp³-hybridized carbons (Fsp3) is 0.167. The summed E-state index contributed by atoms with van der Waals surface area (Å²) in [6, 6.07) is 9.17. The number of aromatic hydroxyl groups is 1. The zero-order valence-corrected chi connectivity index (χ0v) is 8.64. The topological polar surface area (TPSA) is 51.2 Å². The van der Waals surface area contributed by atoms with Crippen LogP contribution in [-0.2, 0) is 13.6 Å². The molecule has 0 spiro atoms. The molecule has 3 nitrogen and oxygen atoms in total. The Balaban J connectivity index is 2.52. The van der Waals surface area contributed by atoms with E-state index in [4.69, 9.17) is 5.73 Å². The van der Waals surface area contributed by atoms with Gasteiger partial charge in [-0.05, 0) is 41.5 Å². The summed E-state index contributed by atoms with van der Waals surface area (Å²) < 4.78 is 2.04. The van der Waals surface area contributed by atoms with Crippen molar-refractivity contribution < 1.29 is 5.11 Å². The average molecular weight is 202 g/mol. The predicted octanol–water partition coefficient (Wildman–Crippen LogP) is 1.86. The third kappa shape index (κ3) is 1.74. The SMILES string of the molecule is Cn1ccc(CN)c1-c1ccc(O)cc1. The Labute approximate surface area is 88.8 Å². The van der Waals surface area contributed by atoms with Gasteiger partial charge in [0.15, 0.2) is 0 Å². The lowest BCUT2D eigenvalue weighted by molar-refractivity contribution is 0.475. The molecule has 0 aliphatic rings. The van der Waals surface area contributed by atoms with Gasteiger partial charge in [0.25, 0.3) is 0 Å². The summed E-state index contributed by atoms with van der Waals surface area (Å²) in [5, 5.41) is 9.22. The van der Waals surface area contributed by atoms with Gasteiger partial charge < -0.3 is 15.4 Å². The molecule has 0 radical (unpaired) electrons. The van der Waals surface area contributed by atoms with E-state index in [2.05, 4.69) is 0 Å². The molecular weight excluding hydrogens is 188 g/mol. The molecule has 1 heterocycles. The highest BCUT2D eigenvalue weighted by Crippen LogP contribution is 2.25. The number of rotatable bonds is 2. The largest absolute Gasteiger partial charge is 0.508 e. The van der Waals surface area contributed by atoms with Crippen LogP contribution in [0.1, 0.15) is 5.56 Å². The fourth-order valence-corrected chi connectivity index (χ4v) is 1.75. The fourth-order valence-electron chi connectivity index (χ4n) is 1.75. The van der Waals surface area contributed by atoms with Gasteiger partial charge in [-0.15, -0.1) is 0 Å². The van der Waals surface area contributed by atoms with Gasteiger partial charge in [-0.2, -0.15) is 0 Å². The van der Waals surface area contributed by atoms with Gasteiger partial charge in [0.1, 0.15) is 5.75 Å². The summed E-state index contributed by atoms with van der Waals surface area (Å²) in [5.41, 5.74) is 8.96. The van der Waals surface area contributed by atoms with Crippen molar-refractivity contribution in [3.8, 4) is 17.0 Å². The van der Waals surface area contributed by atoms with E-state index >= 15 is 0 Å². The second kappa shape index (κ2) is 3.79. The van der Waals surface area contributed by atoms with Crippen LogP contribution < -0.4 is 5.73 Å². The molecule has 0 saturated carbocycles. The van der Waals surface area contributed by atoms with Crippen LogP contribution in [0.25, 0.3) is 11.3 Å². The van der Waals surface area contributed by atoms with Crippen molar-refractivity contribution in [1.29, 1.82) is 0 Å². The van der Waals surface area contributed by atoms with E-state index in [1.807, 2.05) is 36.0 Å². The predicted molar refractivity (Wildman–Crippen MR) is 60.4 cm³/mol. The normalized spacial score (nSPS) is 10.5. The van der Waals surface area contributed by atoms with E-state index in [0.29, 0.717) is 6.54 Å². The molecular formula is C12H14N2O. The minimum Gasteiger partial charge on any atom is -0.508 e. The van der Waals surface area contributed by atoms with Gasteiger partial charge in [-0.1, -0.05) is 0 Å². The van der Waals surface area contributed by atoms with Crippen LogP contribution in [0.15, 0.2) is 36.5 Å². The molecule has 2 rings (SSSR count). The van der Waals surface area contributed by atoms with Crippen molar-refractivity contribution in [2.24, 2.45) is 12.8 Å². The maximum absolute atomic E-state index is 9.22. The highest BCUT2D eigenvalue weighted by atomic mass is 16.3. The molecule has 2 aromatic rings. The van der Waals surface area contributed by atoms with Crippen LogP contribution in [-0.4, -0.2) is 9.67 Å². The maximum Gasteiger partial charge on any atom is 0.115 e. The molecule has 0 aliphatic heterocycles. The van der Waals surface area contributed by atoms with E-state index in [1.165, 1.54) is 0 Å². The van der Waals surface area contributed by atoms with Crippen molar-refractivity contribution in [3.63, 3.8) is 0 Å². The lowest BCUT2D eigenvalue weighted by Crippen LogP contribution is -1.99.